The Morgan fingerprint density at radius 3 is 2.56 bits per heavy atom. The Kier molecular flexibility index (Phi) is 3.22. The summed E-state index contributed by atoms with van der Waals surface area (Å²) >= 11 is 0. The van der Waals surface area contributed by atoms with Crippen molar-refractivity contribution >= 4 is 5.69 Å². The van der Waals surface area contributed by atoms with E-state index in [1.165, 1.54) is 6.07 Å². The molecular weight excluding hydrogens is 205 g/mol. The molecule has 0 fully saturated rings. The summed E-state index contributed by atoms with van der Waals surface area (Å²) in [6, 6.07) is 10.5. The number of halogens is 1. The van der Waals surface area contributed by atoms with Gasteiger partial charge in [-0.15, -0.1) is 0 Å². The van der Waals surface area contributed by atoms with Crippen LogP contribution in [0.5, 0.6) is 0 Å². The van der Waals surface area contributed by atoms with Gasteiger partial charge in [0.25, 0.3) is 0 Å². The van der Waals surface area contributed by atoms with Crippen LogP contribution in [0.1, 0.15) is 11.4 Å². The zero-order valence-electron chi connectivity index (χ0n) is 8.83. The predicted molar refractivity (Wildman–Crippen MR) is 62.4 cm³/mol. The monoisotopic (exact) mass is 219 g/mol. The molecule has 0 aliphatic carbocycles. The van der Waals surface area contributed by atoms with E-state index in [4.69, 9.17) is 5.73 Å². The lowest BCUT2D eigenvalue weighted by atomic mass is 10.3. The Hall–Kier alpha value is -1.81. The number of H-pyrrole nitrogens is 1. The molecular formula is C12H14FN3. The number of aromatic nitrogens is 1. The molecule has 0 radical (unpaired) electrons. The topological polar surface area (TPSA) is 53.8 Å². The first-order valence-corrected chi connectivity index (χ1v) is 5.15. The van der Waals surface area contributed by atoms with E-state index in [1.54, 1.807) is 18.2 Å². The van der Waals surface area contributed by atoms with Crippen molar-refractivity contribution in [2.75, 3.05) is 5.32 Å². The first kappa shape index (κ1) is 10.7. The van der Waals surface area contributed by atoms with Gasteiger partial charge in [-0.25, -0.2) is 4.39 Å². The van der Waals surface area contributed by atoms with Crippen LogP contribution < -0.4 is 11.1 Å². The molecule has 16 heavy (non-hydrogen) atoms. The standard InChI is InChI=1S/C12H14FN3/c13-11-3-1-2-4-12(11)15-8-10-6-5-9(7-14)16-10/h1-6,15-16H,7-8,14H2. The van der Waals surface area contributed by atoms with Gasteiger partial charge in [0.05, 0.1) is 12.2 Å². The van der Waals surface area contributed by atoms with E-state index in [1.807, 2.05) is 12.1 Å². The SMILES string of the molecule is NCc1ccc(CNc2ccccc2F)[nH]1. The first-order valence-electron chi connectivity index (χ1n) is 5.15. The highest BCUT2D eigenvalue weighted by Gasteiger charge is 2.01. The van der Waals surface area contributed by atoms with Gasteiger partial charge in [0.2, 0.25) is 0 Å². The number of benzene rings is 1. The number of para-hydroxylation sites is 1. The normalized spacial score (nSPS) is 10.4. The van der Waals surface area contributed by atoms with Crippen molar-refractivity contribution in [1.82, 2.24) is 4.98 Å². The fourth-order valence-corrected chi connectivity index (χ4v) is 1.51. The van der Waals surface area contributed by atoms with Gasteiger partial charge in [0.1, 0.15) is 5.82 Å². The largest absolute Gasteiger partial charge is 0.377 e. The molecule has 1 aromatic carbocycles. The zero-order valence-corrected chi connectivity index (χ0v) is 8.83. The molecule has 1 heterocycles. The van der Waals surface area contributed by atoms with Crippen molar-refractivity contribution in [3.8, 4) is 0 Å². The van der Waals surface area contributed by atoms with Crippen LogP contribution in [0.3, 0.4) is 0 Å². The Morgan fingerprint density at radius 2 is 1.88 bits per heavy atom. The van der Waals surface area contributed by atoms with Crippen molar-refractivity contribution in [2.24, 2.45) is 5.73 Å². The van der Waals surface area contributed by atoms with E-state index in [0.717, 1.165) is 11.4 Å². The molecule has 0 bridgehead atoms. The minimum atomic E-state index is -0.242. The number of hydrogen-bond acceptors (Lipinski definition) is 2. The maximum absolute atomic E-state index is 13.3. The van der Waals surface area contributed by atoms with Crippen LogP contribution in [0, 0.1) is 5.82 Å². The third-order valence-electron chi connectivity index (χ3n) is 2.37. The van der Waals surface area contributed by atoms with Crippen molar-refractivity contribution in [3.63, 3.8) is 0 Å². The average molecular weight is 219 g/mol. The summed E-state index contributed by atoms with van der Waals surface area (Å²) in [5.41, 5.74) is 7.96. The van der Waals surface area contributed by atoms with Crippen LogP contribution in [0.2, 0.25) is 0 Å². The van der Waals surface area contributed by atoms with Gasteiger partial charge in [0.15, 0.2) is 0 Å². The van der Waals surface area contributed by atoms with Crippen LogP contribution in [0.25, 0.3) is 0 Å². The quantitative estimate of drug-likeness (QED) is 0.738. The van der Waals surface area contributed by atoms with E-state index >= 15 is 0 Å². The minimum Gasteiger partial charge on any atom is -0.377 e. The lowest BCUT2D eigenvalue weighted by Gasteiger charge is -2.05. The number of anilines is 1. The second-order valence-electron chi connectivity index (χ2n) is 3.55. The Balaban J connectivity index is 1.99. The molecule has 0 amide bonds. The average Bonchev–Trinajstić information content (AvgIpc) is 2.76. The molecule has 3 nitrogen and oxygen atoms in total. The molecule has 0 saturated carbocycles. The van der Waals surface area contributed by atoms with Crippen LogP contribution in [0.4, 0.5) is 10.1 Å². The van der Waals surface area contributed by atoms with Crippen molar-refractivity contribution in [3.05, 3.63) is 53.6 Å². The molecule has 0 aliphatic heterocycles. The van der Waals surface area contributed by atoms with Gasteiger partial charge in [-0.2, -0.15) is 0 Å². The van der Waals surface area contributed by atoms with E-state index in [2.05, 4.69) is 10.3 Å². The molecule has 0 spiro atoms. The number of aromatic amines is 1. The lowest BCUT2D eigenvalue weighted by molar-refractivity contribution is 0.630. The Morgan fingerprint density at radius 1 is 1.12 bits per heavy atom. The zero-order chi connectivity index (χ0) is 11.4. The Bertz CT molecular complexity index is 465. The number of nitrogens with two attached hydrogens (primary N) is 1. The molecule has 2 rings (SSSR count). The summed E-state index contributed by atoms with van der Waals surface area (Å²) in [5, 5.41) is 3.02. The van der Waals surface area contributed by atoms with Crippen molar-refractivity contribution in [1.29, 1.82) is 0 Å². The summed E-state index contributed by atoms with van der Waals surface area (Å²) in [4.78, 5) is 3.14. The van der Waals surface area contributed by atoms with Gasteiger partial charge in [-0.1, -0.05) is 12.1 Å². The summed E-state index contributed by atoms with van der Waals surface area (Å²) in [5.74, 6) is -0.242. The van der Waals surface area contributed by atoms with Gasteiger partial charge >= 0.3 is 0 Å². The van der Waals surface area contributed by atoms with Gasteiger partial charge in [0, 0.05) is 17.9 Å². The molecule has 4 heteroatoms. The van der Waals surface area contributed by atoms with Gasteiger partial charge in [-0.05, 0) is 24.3 Å². The molecule has 0 atom stereocenters. The number of nitrogens with one attached hydrogen (secondary N) is 2. The van der Waals surface area contributed by atoms with Crippen LogP contribution in [-0.4, -0.2) is 4.98 Å². The highest BCUT2D eigenvalue weighted by Crippen LogP contribution is 2.13. The second kappa shape index (κ2) is 4.81. The predicted octanol–water partition coefficient (Wildman–Crippen LogP) is 2.22. The maximum Gasteiger partial charge on any atom is 0.146 e. The fourth-order valence-electron chi connectivity index (χ4n) is 1.51. The molecule has 84 valence electrons. The summed E-state index contributed by atoms with van der Waals surface area (Å²) < 4.78 is 13.3. The first-order chi connectivity index (χ1) is 7.79. The highest BCUT2D eigenvalue weighted by molar-refractivity contribution is 5.44. The van der Waals surface area contributed by atoms with E-state index in [0.29, 0.717) is 18.8 Å². The summed E-state index contributed by atoms with van der Waals surface area (Å²) in [6.45, 7) is 1.04. The Labute approximate surface area is 93.5 Å². The maximum atomic E-state index is 13.3. The van der Waals surface area contributed by atoms with Gasteiger partial charge < -0.3 is 16.0 Å². The third-order valence-corrected chi connectivity index (χ3v) is 2.37. The third kappa shape index (κ3) is 2.41. The van der Waals surface area contributed by atoms with Gasteiger partial charge in [-0.3, -0.25) is 0 Å². The smallest absolute Gasteiger partial charge is 0.146 e. The van der Waals surface area contributed by atoms with E-state index in [9.17, 15) is 4.39 Å². The van der Waals surface area contributed by atoms with Crippen molar-refractivity contribution in [2.45, 2.75) is 13.1 Å². The van der Waals surface area contributed by atoms with Crippen LogP contribution in [0.15, 0.2) is 36.4 Å². The lowest BCUT2D eigenvalue weighted by Crippen LogP contribution is -2.02. The second-order valence-corrected chi connectivity index (χ2v) is 3.55. The fraction of sp³-hybridized carbons (Fsp3) is 0.167. The molecule has 0 aliphatic rings. The van der Waals surface area contributed by atoms with Crippen molar-refractivity contribution < 1.29 is 4.39 Å². The molecule has 0 unspecified atom stereocenters. The summed E-state index contributed by atoms with van der Waals surface area (Å²) in [7, 11) is 0. The van der Waals surface area contributed by atoms with Crippen LogP contribution in [-0.2, 0) is 13.1 Å². The molecule has 2 aromatic rings. The molecule has 4 N–H and O–H groups in total. The number of hydrogen-bond donors (Lipinski definition) is 3. The number of rotatable bonds is 4. The van der Waals surface area contributed by atoms with Crippen LogP contribution >= 0.6 is 0 Å². The minimum absolute atomic E-state index is 0.242. The molecule has 1 aromatic heterocycles. The van der Waals surface area contributed by atoms with E-state index in [-0.39, 0.29) is 5.82 Å². The molecule has 0 saturated heterocycles. The summed E-state index contributed by atoms with van der Waals surface area (Å²) in [6.07, 6.45) is 0. The highest BCUT2D eigenvalue weighted by atomic mass is 19.1. The van der Waals surface area contributed by atoms with E-state index < -0.39 is 0 Å².